The monoisotopic (exact) mass is 531 g/mol. The van der Waals surface area contributed by atoms with Crippen molar-refractivity contribution in [2.45, 2.75) is 25.4 Å². The van der Waals surface area contributed by atoms with Crippen molar-refractivity contribution in [2.24, 2.45) is 0 Å². The van der Waals surface area contributed by atoms with Gasteiger partial charge in [0.2, 0.25) is 5.82 Å². The van der Waals surface area contributed by atoms with Crippen LogP contribution in [-0.4, -0.2) is 50.9 Å². The summed E-state index contributed by atoms with van der Waals surface area (Å²) in [5.74, 6) is 0.550. The first-order valence-corrected chi connectivity index (χ1v) is 14.4. The summed E-state index contributed by atoms with van der Waals surface area (Å²) in [5, 5.41) is 14.5. The van der Waals surface area contributed by atoms with E-state index in [-0.39, 0.29) is 0 Å². The molecular formula is C31H29N7S. The van der Waals surface area contributed by atoms with Crippen LogP contribution in [0.5, 0.6) is 0 Å². The summed E-state index contributed by atoms with van der Waals surface area (Å²) < 4.78 is 0. The molecule has 0 unspecified atom stereocenters. The molecule has 1 saturated heterocycles. The second kappa shape index (κ2) is 10.6. The van der Waals surface area contributed by atoms with Crippen molar-refractivity contribution < 1.29 is 0 Å². The minimum Gasteiger partial charge on any atom is -0.366 e. The molecule has 4 heterocycles. The van der Waals surface area contributed by atoms with Crippen LogP contribution >= 0.6 is 11.3 Å². The van der Waals surface area contributed by atoms with Gasteiger partial charge in [-0.2, -0.15) is 0 Å². The number of benzene rings is 3. The molecule has 7 rings (SSSR count). The van der Waals surface area contributed by atoms with E-state index >= 15 is 0 Å². The number of likely N-dealkylation sites (tertiary alicyclic amines) is 1. The van der Waals surface area contributed by atoms with Crippen LogP contribution in [0.3, 0.4) is 0 Å². The number of para-hydroxylation sites is 2. The second-order valence-electron chi connectivity index (χ2n) is 10.1. The Labute approximate surface area is 232 Å². The summed E-state index contributed by atoms with van der Waals surface area (Å²) >= 11 is 1.53. The van der Waals surface area contributed by atoms with Gasteiger partial charge >= 0.3 is 0 Å². The lowest BCUT2D eigenvalue weighted by Crippen LogP contribution is -2.44. The molecule has 8 heteroatoms. The molecule has 0 atom stereocenters. The lowest BCUT2D eigenvalue weighted by Gasteiger charge is -2.37. The van der Waals surface area contributed by atoms with Gasteiger partial charge in [0.25, 0.3) is 0 Å². The highest BCUT2D eigenvalue weighted by Gasteiger charge is 2.29. The number of anilines is 2. The summed E-state index contributed by atoms with van der Waals surface area (Å²) in [6, 6.07) is 28.1. The third-order valence-corrected chi connectivity index (χ3v) is 8.27. The molecule has 1 fully saturated rings. The highest BCUT2D eigenvalue weighted by atomic mass is 32.1. The lowest BCUT2D eigenvalue weighted by molar-refractivity contribution is 0.202. The van der Waals surface area contributed by atoms with Gasteiger partial charge < -0.3 is 10.2 Å². The number of piperidine rings is 1. The summed E-state index contributed by atoms with van der Waals surface area (Å²) in [5.41, 5.74) is 10.1. The Kier molecular flexibility index (Phi) is 6.48. The predicted molar refractivity (Wildman–Crippen MR) is 158 cm³/mol. The van der Waals surface area contributed by atoms with Crippen LogP contribution in [0.2, 0.25) is 0 Å². The van der Waals surface area contributed by atoms with Gasteiger partial charge in [-0.15, -0.1) is 21.5 Å². The molecule has 0 saturated carbocycles. The fourth-order valence-corrected chi connectivity index (χ4v) is 6.15. The Bertz CT molecular complexity index is 1550. The van der Waals surface area contributed by atoms with Gasteiger partial charge in [-0.3, -0.25) is 4.90 Å². The van der Waals surface area contributed by atoms with E-state index in [4.69, 9.17) is 4.98 Å². The van der Waals surface area contributed by atoms with E-state index in [1.54, 1.807) is 5.51 Å². The molecule has 39 heavy (non-hydrogen) atoms. The molecule has 3 aromatic carbocycles. The lowest BCUT2D eigenvalue weighted by atomic mass is 10.0. The summed E-state index contributed by atoms with van der Waals surface area (Å²) in [6.45, 7) is 4.09. The van der Waals surface area contributed by atoms with E-state index in [9.17, 15) is 0 Å². The molecule has 1 N–H and O–H groups in total. The maximum absolute atomic E-state index is 4.92. The van der Waals surface area contributed by atoms with E-state index in [2.05, 4.69) is 78.8 Å². The average molecular weight is 532 g/mol. The number of fused-ring (bicyclic) bond motifs is 1. The van der Waals surface area contributed by atoms with Crippen molar-refractivity contribution >= 4 is 22.7 Å². The Morgan fingerprint density at radius 3 is 2.38 bits per heavy atom. The first kappa shape index (κ1) is 23.9. The normalized spacial score (nSPS) is 15.7. The first-order valence-electron chi connectivity index (χ1n) is 13.4. The van der Waals surface area contributed by atoms with Crippen molar-refractivity contribution in [3.8, 4) is 34.0 Å². The molecule has 0 bridgehead atoms. The molecule has 0 spiro atoms. The van der Waals surface area contributed by atoms with Gasteiger partial charge in [0.1, 0.15) is 17.1 Å². The number of rotatable bonds is 6. The molecular weight excluding hydrogens is 502 g/mol. The number of nitrogens with one attached hydrogen (secondary N) is 1. The van der Waals surface area contributed by atoms with E-state index in [0.717, 1.165) is 54.5 Å². The highest BCUT2D eigenvalue weighted by Crippen LogP contribution is 2.35. The van der Waals surface area contributed by atoms with Gasteiger partial charge in [-0.25, -0.2) is 9.97 Å². The van der Waals surface area contributed by atoms with E-state index in [0.29, 0.717) is 11.9 Å². The molecule has 0 radical (unpaired) electrons. The van der Waals surface area contributed by atoms with Crippen LogP contribution in [0, 0.1) is 0 Å². The van der Waals surface area contributed by atoms with Crippen molar-refractivity contribution in [3.63, 3.8) is 0 Å². The maximum atomic E-state index is 4.92. The first-order chi connectivity index (χ1) is 19.3. The number of hydrogen-bond donors (Lipinski definition) is 1. The van der Waals surface area contributed by atoms with E-state index < -0.39 is 0 Å². The summed E-state index contributed by atoms with van der Waals surface area (Å²) in [4.78, 5) is 14.4. The zero-order valence-electron chi connectivity index (χ0n) is 21.6. The van der Waals surface area contributed by atoms with Crippen LogP contribution in [0.1, 0.15) is 18.4 Å². The average Bonchev–Trinajstić information content (AvgIpc) is 3.69. The van der Waals surface area contributed by atoms with Gasteiger partial charge in [0.05, 0.1) is 23.6 Å². The third-order valence-electron chi connectivity index (χ3n) is 7.68. The zero-order valence-corrected chi connectivity index (χ0v) is 22.4. The summed E-state index contributed by atoms with van der Waals surface area (Å²) in [7, 11) is 0. The SMILES string of the molecule is c1ccc(-c2nnc(-c3cscn3)nc2-c2ccc(CN3CCC(N4CNc5ccccc54)CC3)cc2)cc1. The van der Waals surface area contributed by atoms with Crippen LogP contribution < -0.4 is 10.2 Å². The van der Waals surface area contributed by atoms with Gasteiger partial charge in [0, 0.05) is 42.2 Å². The van der Waals surface area contributed by atoms with Crippen molar-refractivity contribution in [1.29, 1.82) is 0 Å². The molecule has 0 aliphatic carbocycles. The fourth-order valence-electron chi connectivity index (χ4n) is 5.62. The van der Waals surface area contributed by atoms with Crippen molar-refractivity contribution in [1.82, 2.24) is 25.1 Å². The Morgan fingerprint density at radius 2 is 1.59 bits per heavy atom. The molecule has 2 aliphatic rings. The molecule has 2 aromatic heterocycles. The zero-order chi connectivity index (χ0) is 26.0. The smallest absolute Gasteiger partial charge is 0.201 e. The summed E-state index contributed by atoms with van der Waals surface area (Å²) in [6.07, 6.45) is 2.36. The molecule has 7 nitrogen and oxygen atoms in total. The van der Waals surface area contributed by atoms with Crippen LogP contribution in [-0.2, 0) is 6.54 Å². The quantitative estimate of drug-likeness (QED) is 0.280. The largest absolute Gasteiger partial charge is 0.366 e. The fraction of sp³-hybridized carbons (Fsp3) is 0.226. The predicted octanol–water partition coefficient (Wildman–Crippen LogP) is 6.18. The van der Waals surface area contributed by atoms with E-state index in [1.807, 2.05) is 35.7 Å². The third kappa shape index (κ3) is 4.89. The Morgan fingerprint density at radius 1 is 0.821 bits per heavy atom. The Hall–Kier alpha value is -4.14. The van der Waals surface area contributed by atoms with E-state index in [1.165, 1.54) is 41.1 Å². The number of nitrogens with zero attached hydrogens (tertiary/aromatic N) is 6. The number of aromatic nitrogens is 4. The number of hydrogen-bond acceptors (Lipinski definition) is 8. The number of thiazole rings is 1. The molecule has 2 aliphatic heterocycles. The minimum atomic E-state index is 0.550. The van der Waals surface area contributed by atoms with Crippen LogP contribution in [0.4, 0.5) is 11.4 Å². The standard InChI is InChI=1S/C31H29N7S/c1-2-6-23(7-3-1)30-29(34-31(36-35-30)27-19-39-21-33-27)24-12-10-22(11-13-24)18-37-16-14-25(15-17-37)38-20-32-26-8-4-5-9-28(26)38/h1-13,19,21,25,32H,14-18,20H2. The maximum Gasteiger partial charge on any atom is 0.201 e. The van der Waals surface area contributed by atoms with Gasteiger partial charge in [-0.05, 0) is 30.5 Å². The molecule has 5 aromatic rings. The van der Waals surface area contributed by atoms with Crippen molar-refractivity contribution in [2.75, 3.05) is 30.0 Å². The topological polar surface area (TPSA) is 70.1 Å². The Balaban J connectivity index is 1.07. The highest BCUT2D eigenvalue weighted by molar-refractivity contribution is 7.07. The van der Waals surface area contributed by atoms with Crippen molar-refractivity contribution in [3.05, 3.63) is 95.3 Å². The van der Waals surface area contributed by atoms with Gasteiger partial charge in [-0.1, -0.05) is 66.7 Å². The molecule has 194 valence electrons. The van der Waals surface area contributed by atoms with Crippen LogP contribution in [0.25, 0.3) is 34.0 Å². The molecule has 0 amide bonds. The van der Waals surface area contributed by atoms with Crippen LogP contribution in [0.15, 0.2) is 89.8 Å². The second-order valence-corrected chi connectivity index (χ2v) is 10.8. The minimum absolute atomic E-state index is 0.550. The van der Waals surface area contributed by atoms with Gasteiger partial charge in [0.15, 0.2) is 0 Å².